The van der Waals surface area contributed by atoms with Crippen molar-refractivity contribution in [3.05, 3.63) is 53.7 Å². The molecule has 0 bridgehead atoms. The van der Waals surface area contributed by atoms with E-state index in [0.29, 0.717) is 35.5 Å². The Morgan fingerprint density at radius 1 is 1.18 bits per heavy atom. The molecule has 1 fully saturated rings. The van der Waals surface area contributed by atoms with Crippen molar-refractivity contribution in [3.8, 4) is 11.5 Å². The lowest BCUT2D eigenvalue weighted by atomic mass is 9.93. The largest absolute Gasteiger partial charge is 0.487 e. The van der Waals surface area contributed by atoms with Crippen molar-refractivity contribution in [2.75, 3.05) is 25.4 Å². The number of halogens is 2. The number of fused-ring (bicyclic) bond motifs is 1. The summed E-state index contributed by atoms with van der Waals surface area (Å²) >= 11 is 5.84. The van der Waals surface area contributed by atoms with E-state index in [1.165, 1.54) is 29.0 Å². The van der Waals surface area contributed by atoms with Crippen molar-refractivity contribution < 1.29 is 22.3 Å². The molecule has 0 atom stereocenters. The second kappa shape index (κ2) is 10.3. The number of sulfonamides is 1. The first-order valence-corrected chi connectivity index (χ1v) is 13.1. The minimum atomic E-state index is -3.23. The molecule has 1 aromatic heterocycles. The van der Waals surface area contributed by atoms with Crippen LogP contribution in [0.1, 0.15) is 25.7 Å². The Kier molecular flexibility index (Phi) is 7.39. The molecule has 1 N–H and O–H groups in total. The van der Waals surface area contributed by atoms with Gasteiger partial charge in [-0.25, -0.2) is 27.1 Å². The molecule has 3 aromatic rings. The molecule has 1 aliphatic carbocycles. The van der Waals surface area contributed by atoms with Crippen molar-refractivity contribution in [1.29, 1.82) is 0 Å². The van der Waals surface area contributed by atoms with E-state index in [1.807, 2.05) is 6.07 Å². The van der Waals surface area contributed by atoms with Gasteiger partial charge in [0.25, 0.3) is 0 Å². The average molecular weight is 509 g/mol. The number of ether oxygens (including phenoxy) is 2. The molecule has 0 radical (unpaired) electrons. The highest BCUT2D eigenvalue weighted by Gasteiger charge is 2.29. The van der Waals surface area contributed by atoms with Gasteiger partial charge in [0, 0.05) is 36.4 Å². The van der Waals surface area contributed by atoms with Gasteiger partial charge in [0.15, 0.2) is 18.2 Å². The SMILES string of the molecule is CN([C@H]1CC[C@H](Oc2cc3cncnc3cc2OCNc2ccc(F)c(Cl)c2)CC1)S(C)(=O)=O. The smallest absolute Gasteiger partial charge is 0.211 e. The molecular weight excluding hydrogens is 483 g/mol. The van der Waals surface area contributed by atoms with Gasteiger partial charge < -0.3 is 14.8 Å². The summed E-state index contributed by atoms with van der Waals surface area (Å²) in [5.74, 6) is 0.568. The van der Waals surface area contributed by atoms with Crippen molar-refractivity contribution in [3.63, 3.8) is 0 Å². The fraction of sp³-hybridized carbons (Fsp3) is 0.391. The molecule has 2 aromatic carbocycles. The molecule has 0 spiro atoms. The second-order valence-electron chi connectivity index (χ2n) is 8.30. The summed E-state index contributed by atoms with van der Waals surface area (Å²) in [7, 11) is -1.60. The minimum Gasteiger partial charge on any atom is -0.487 e. The van der Waals surface area contributed by atoms with E-state index in [0.717, 1.165) is 18.2 Å². The summed E-state index contributed by atoms with van der Waals surface area (Å²) in [6, 6.07) is 7.94. The lowest BCUT2D eigenvalue weighted by Crippen LogP contribution is -2.40. The monoisotopic (exact) mass is 508 g/mol. The fourth-order valence-electron chi connectivity index (χ4n) is 3.97. The van der Waals surface area contributed by atoms with Gasteiger partial charge in [-0.05, 0) is 49.9 Å². The van der Waals surface area contributed by atoms with Crippen molar-refractivity contribution in [2.45, 2.75) is 37.8 Å². The highest BCUT2D eigenvalue weighted by Crippen LogP contribution is 2.35. The molecule has 11 heteroatoms. The zero-order chi connectivity index (χ0) is 24.3. The molecule has 1 aliphatic rings. The Morgan fingerprint density at radius 2 is 1.94 bits per heavy atom. The number of aromatic nitrogens is 2. The van der Waals surface area contributed by atoms with E-state index in [-0.39, 0.29) is 23.9 Å². The summed E-state index contributed by atoms with van der Waals surface area (Å²) in [5.41, 5.74) is 1.32. The normalized spacial score (nSPS) is 18.7. The Hall–Kier alpha value is -2.69. The van der Waals surface area contributed by atoms with E-state index in [4.69, 9.17) is 21.1 Å². The quantitative estimate of drug-likeness (QED) is 0.449. The molecule has 34 heavy (non-hydrogen) atoms. The van der Waals surface area contributed by atoms with Crippen LogP contribution in [0.2, 0.25) is 5.02 Å². The number of hydrogen-bond donors (Lipinski definition) is 1. The Labute approximate surface area is 203 Å². The van der Waals surface area contributed by atoms with Crippen LogP contribution in [-0.2, 0) is 10.0 Å². The molecule has 0 unspecified atom stereocenters. The highest BCUT2D eigenvalue weighted by atomic mass is 35.5. The Morgan fingerprint density at radius 3 is 2.65 bits per heavy atom. The number of nitrogens with one attached hydrogen (secondary N) is 1. The predicted octanol–water partition coefficient (Wildman–Crippen LogP) is 4.45. The number of hydrogen-bond acceptors (Lipinski definition) is 7. The first-order chi connectivity index (χ1) is 16.2. The minimum absolute atomic E-state index is 0.0218. The van der Waals surface area contributed by atoms with Crippen molar-refractivity contribution >= 4 is 38.2 Å². The van der Waals surface area contributed by atoms with Crippen molar-refractivity contribution in [2.24, 2.45) is 0 Å². The molecule has 0 amide bonds. The van der Waals surface area contributed by atoms with Crippen LogP contribution in [0, 0.1) is 5.82 Å². The van der Waals surface area contributed by atoms with Crippen LogP contribution in [0.4, 0.5) is 10.1 Å². The average Bonchev–Trinajstić information content (AvgIpc) is 2.81. The van der Waals surface area contributed by atoms with E-state index in [2.05, 4.69) is 15.3 Å². The maximum Gasteiger partial charge on any atom is 0.211 e. The summed E-state index contributed by atoms with van der Waals surface area (Å²) in [5, 5.41) is 3.88. The first-order valence-electron chi connectivity index (χ1n) is 10.9. The molecule has 1 saturated carbocycles. The number of nitrogens with zero attached hydrogens (tertiary/aromatic N) is 3. The molecule has 0 aliphatic heterocycles. The molecule has 8 nitrogen and oxygen atoms in total. The van der Waals surface area contributed by atoms with Gasteiger partial charge in [-0.15, -0.1) is 0 Å². The van der Waals surface area contributed by atoms with Crippen LogP contribution in [0.25, 0.3) is 10.9 Å². The van der Waals surface area contributed by atoms with Crippen LogP contribution in [0.3, 0.4) is 0 Å². The highest BCUT2D eigenvalue weighted by molar-refractivity contribution is 7.88. The Balaban J connectivity index is 1.46. The molecule has 182 valence electrons. The fourth-order valence-corrected chi connectivity index (χ4v) is 4.91. The molecule has 0 saturated heterocycles. The number of benzene rings is 2. The van der Waals surface area contributed by atoms with Gasteiger partial charge in [0.05, 0.1) is 22.9 Å². The third-order valence-electron chi connectivity index (χ3n) is 5.97. The Bertz CT molecular complexity index is 1270. The first kappa shape index (κ1) is 24.4. The molecule has 1 heterocycles. The van der Waals surface area contributed by atoms with Crippen LogP contribution in [0.15, 0.2) is 42.9 Å². The van der Waals surface area contributed by atoms with E-state index in [1.54, 1.807) is 25.4 Å². The van der Waals surface area contributed by atoms with Crippen LogP contribution >= 0.6 is 11.6 Å². The van der Waals surface area contributed by atoms with E-state index >= 15 is 0 Å². The van der Waals surface area contributed by atoms with Gasteiger partial charge in [-0.3, -0.25) is 0 Å². The van der Waals surface area contributed by atoms with Crippen LogP contribution in [-0.4, -0.2) is 54.9 Å². The summed E-state index contributed by atoms with van der Waals surface area (Å²) in [4.78, 5) is 8.36. The third-order valence-corrected chi connectivity index (χ3v) is 7.60. The van der Waals surface area contributed by atoms with Gasteiger partial charge in [-0.2, -0.15) is 0 Å². The van der Waals surface area contributed by atoms with E-state index in [9.17, 15) is 12.8 Å². The summed E-state index contributed by atoms with van der Waals surface area (Å²) in [6.45, 7) is 0.0980. The van der Waals surface area contributed by atoms with Gasteiger partial charge >= 0.3 is 0 Å². The lowest BCUT2D eigenvalue weighted by Gasteiger charge is -2.33. The maximum atomic E-state index is 13.4. The predicted molar refractivity (Wildman–Crippen MR) is 129 cm³/mol. The van der Waals surface area contributed by atoms with Crippen LogP contribution < -0.4 is 14.8 Å². The van der Waals surface area contributed by atoms with Gasteiger partial charge in [-0.1, -0.05) is 11.6 Å². The number of anilines is 1. The van der Waals surface area contributed by atoms with Gasteiger partial charge in [0.1, 0.15) is 12.1 Å². The standard InChI is InChI=1S/C23H26ClFN4O4S/c1-29(34(2,30)31)17-4-6-18(7-5-17)33-23-9-15-12-26-13-27-21(15)11-22(23)32-14-28-16-3-8-20(25)19(24)10-16/h3,8-13,17-18,28H,4-7,14H2,1-2H3/t17-,18-. The van der Waals surface area contributed by atoms with E-state index < -0.39 is 15.8 Å². The zero-order valence-corrected chi connectivity index (χ0v) is 20.4. The van der Waals surface area contributed by atoms with Crippen molar-refractivity contribution in [1.82, 2.24) is 14.3 Å². The second-order valence-corrected chi connectivity index (χ2v) is 10.8. The van der Waals surface area contributed by atoms with Crippen LogP contribution in [0.5, 0.6) is 11.5 Å². The molecular formula is C23H26ClFN4O4S. The molecule has 4 rings (SSSR count). The summed E-state index contributed by atoms with van der Waals surface area (Å²) < 4.78 is 50.8. The maximum absolute atomic E-state index is 13.4. The number of rotatable bonds is 8. The van der Waals surface area contributed by atoms with Gasteiger partial charge in [0.2, 0.25) is 10.0 Å². The zero-order valence-electron chi connectivity index (χ0n) is 18.9. The lowest BCUT2D eigenvalue weighted by molar-refractivity contribution is 0.121. The third kappa shape index (κ3) is 5.86. The topological polar surface area (TPSA) is 93.7 Å². The summed E-state index contributed by atoms with van der Waals surface area (Å²) in [6.07, 6.45) is 7.20.